The highest BCUT2D eigenvalue weighted by Crippen LogP contribution is 2.33. The summed E-state index contributed by atoms with van der Waals surface area (Å²) in [4.78, 5) is 13.2. The third kappa shape index (κ3) is 6.50. The van der Waals surface area contributed by atoms with E-state index in [-0.39, 0.29) is 30.2 Å². The molecule has 192 valence electrons. The quantitative estimate of drug-likeness (QED) is 0.455. The summed E-state index contributed by atoms with van der Waals surface area (Å²) in [6.07, 6.45) is 1.25. The highest BCUT2D eigenvalue weighted by atomic mass is 35.5. The summed E-state index contributed by atoms with van der Waals surface area (Å²) in [5.41, 5.74) is 3.52. The molecular weight excluding hydrogens is 507 g/mol. The van der Waals surface area contributed by atoms with Crippen molar-refractivity contribution in [3.63, 3.8) is 0 Å². The van der Waals surface area contributed by atoms with Crippen LogP contribution >= 0.6 is 23.2 Å². The molecule has 0 bridgehead atoms. The van der Waals surface area contributed by atoms with Gasteiger partial charge >= 0.3 is 0 Å². The molecule has 6 nitrogen and oxygen atoms in total. The van der Waals surface area contributed by atoms with Crippen LogP contribution in [0.25, 0.3) is 0 Å². The summed E-state index contributed by atoms with van der Waals surface area (Å²) in [5.74, 6) is 0.252. The molecule has 1 saturated heterocycles. The number of rotatable bonds is 8. The largest absolute Gasteiger partial charge is 0.496 e. The fourth-order valence-electron chi connectivity index (χ4n) is 4.57. The molecule has 9 heteroatoms. The second-order valence-electron chi connectivity index (χ2n) is 9.49. The van der Waals surface area contributed by atoms with Gasteiger partial charge in [-0.2, -0.15) is 0 Å². The number of amides is 1. The van der Waals surface area contributed by atoms with E-state index >= 15 is 0 Å². The van der Waals surface area contributed by atoms with Crippen LogP contribution in [0.2, 0.25) is 10.0 Å². The number of sulfonamides is 1. The van der Waals surface area contributed by atoms with Crippen molar-refractivity contribution in [3.8, 4) is 5.75 Å². The molecule has 2 aromatic carbocycles. The van der Waals surface area contributed by atoms with E-state index in [4.69, 9.17) is 27.9 Å². The van der Waals surface area contributed by atoms with Gasteiger partial charge in [-0.05, 0) is 73.6 Å². The van der Waals surface area contributed by atoms with Gasteiger partial charge in [0.15, 0.2) is 0 Å². The molecule has 35 heavy (non-hydrogen) atoms. The number of nitrogens with zero attached hydrogens (tertiary/aromatic N) is 1. The van der Waals surface area contributed by atoms with Crippen LogP contribution in [-0.2, 0) is 20.6 Å². The van der Waals surface area contributed by atoms with E-state index in [2.05, 4.69) is 25.2 Å². The lowest BCUT2D eigenvalue weighted by atomic mass is 9.92. The van der Waals surface area contributed by atoms with Gasteiger partial charge in [0.2, 0.25) is 15.9 Å². The predicted molar refractivity (Wildman–Crippen MR) is 142 cm³/mol. The lowest BCUT2D eigenvalue weighted by molar-refractivity contribution is -0.126. The average Bonchev–Trinajstić information content (AvgIpc) is 2.81. The number of aryl methyl sites for hydroxylation is 1. The Hall–Kier alpha value is -1.80. The van der Waals surface area contributed by atoms with E-state index in [1.165, 1.54) is 4.31 Å². The van der Waals surface area contributed by atoms with Crippen LogP contribution < -0.4 is 10.1 Å². The Kier molecular flexibility index (Phi) is 9.13. The summed E-state index contributed by atoms with van der Waals surface area (Å²) in [6.45, 7) is 8.67. The summed E-state index contributed by atoms with van der Waals surface area (Å²) in [7, 11) is -2.03. The van der Waals surface area contributed by atoms with Crippen LogP contribution in [0.4, 0.5) is 0 Å². The van der Waals surface area contributed by atoms with Crippen molar-refractivity contribution in [1.29, 1.82) is 0 Å². The number of hydrogen-bond donors (Lipinski definition) is 1. The minimum absolute atomic E-state index is 0.141. The molecule has 0 unspecified atom stereocenters. The topological polar surface area (TPSA) is 75.7 Å². The lowest BCUT2D eigenvalue weighted by Crippen LogP contribution is -2.46. The zero-order chi connectivity index (χ0) is 25.9. The maximum absolute atomic E-state index is 13.2. The Balaban J connectivity index is 1.72. The molecule has 1 amide bonds. The van der Waals surface area contributed by atoms with Gasteiger partial charge in [0.25, 0.3) is 0 Å². The fraction of sp³-hybridized carbons (Fsp3) is 0.500. The van der Waals surface area contributed by atoms with Crippen molar-refractivity contribution in [2.75, 3.05) is 20.2 Å². The van der Waals surface area contributed by atoms with Crippen LogP contribution in [0.1, 0.15) is 67.8 Å². The Morgan fingerprint density at radius 3 is 2.43 bits per heavy atom. The van der Waals surface area contributed by atoms with Crippen LogP contribution in [0.3, 0.4) is 0 Å². The van der Waals surface area contributed by atoms with Gasteiger partial charge < -0.3 is 10.1 Å². The molecule has 1 aliphatic rings. The van der Waals surface area contributed by atoms with Gasteiger partial charge in [-0.25, -0.2) is 12.7 Å². The Morgan fingerprint density at radius 2 is 1.83 bits per heavy atom. The van der Waals surface area contributed by atoms with Crippen LogP contribution in [0, 0.1) is 12.8 Å². The number of ether oxygens (including phenoxy) is 1. The fourth-order valence-corrected chi connectivity index (χ4v) is 6.93. The number of halogens is 2. The maximum Gasteiger partial charge on any atom is 0.224 e. The highest BCUT2D eigenvalue weighted by Gasteiger charge is 2.33. The minimum atomic E-state index is -3.69. The van der Waals surface area contributed by atoms with Crippen molar-refractivity contribution < 1.29 is 17.9 Å². The molecule has 1 heterocycles. The Bertz CT molecular complexity index is 1160. The Morgan fingerprint density at radius 1 is 1.17 bits per heavy atom. The first kappa shape index (κ1) is 27.8. The van der Waals surface area contributed by atoms with Crippen molar-refractivity contribution in [2.45, 2.75) is 58.2 Å². The molecular formula is C26H34Cl2N2O4S. The average molecular weight is 542 g/mol. The molecule has 2 atom stereocenters. The minimum Gasteiger partial charge on any atom is -0.496 e. The maximum atomic E-state index is 13.2. The number of nitrogens with one attached hydrogen (secondary N) is 1. The molecule has 1 aliphatic heterocycles. The van der Waals surface area contributed by atoms with E-state index in [1.807, 2.05) is 19.9 Å². The number of carbonyl (C=O) groups is 1. The SMILES string of the molecule is COc1cc(C)c([C@@H](C)NC(=O)[C@@H]2CCCN(S(=O)(=O)Cc3c(Cl)cccc3Cl)C2)cc1C(C)C. The van der Waals surface area contributed by atoms with Gasteiger partial charge in [-0.15, -0.1) is 0 Å². The van der Waals surface area contributed by atoms with Crippen molar-refractivity contribution in [2.24, 2.45) is 5.92 Å². The molecule has 0 aliphatic carbocycles. The summed E-state index contributed by atoms with van der Waals surface area (Å²) in [6, 6.07) is 8.80. The highest BCUT2D eigenvalue weighted by molar-refractivity contribution is 7.88. The molecule has 0 radical (unpaired) electrons. The van der Waals surface area contributed by atoms with Gasteiger partial charge in [-0.3, -0.25) is 4.79 Å². The van der Waals surface area contributed by atoms with Gasteiger partial charge in [-0.1, -0.05) is 43.1 Å². The molecule has 0 saturated carbocycles. The molecule has 0 spiro atoms. The normalized spacial score (nSPS) is 17.9. The molecule has 2 aromatic rings. The van der Waals surface area contributed by atoms with E-state index in [0.29, 0.717) is 35.0 Å². The van der Waals surface area contributed by atoms with Crippen LogP contribution in [0.5, 0.6) is 5.75 Å². The Labute approximate surface area is 219 Å². The van der Waals surface area contributed by atoms with Crippen LogP contribution in [-0.4, -0.2) is 38.8 Å². The number of piperidine rings is 1. The van der Waals surface area contributed by atoms with E-state index in [9.17, 15) is 13.2 Å². The lowest BCUT2D eigenvalue weighted by Gasteiger charge is -2.32. The molecule has 1 fully saturated rings. The smallest absolute Gasteiger partial charge is 0.224 e. The zero-order valence-electron chi connectivity index (χ0n) is 20.9. The van der Waals surface area contributed by atoms with Crippen molar-refractivity contribution in [1.82, 2.24) is 9.62 Å². The van der Waals surface area contributed by atoms with Crippen LogP contribution in [0.15, 0.2) is 30.3 Å². The summed E-state index contributed by atoms with van der Waals surface area (Å²) in [5, 5.41) is 3.74. The summed E-state index contributed by atoms with van der Waals surface area (Å²) >= 11 is 12.4. The van der Waals surface area contributed by atoms with E-state index < -0.39 is 15.9 Å². The zero-order valence-corrected chi connectivity index (χ0v) is 23.2. The van der Waals surface area contributed by atoms with Gasteiger partial charge in [0, 0.05) is 28.7 Å². The second-order valence-corrected chi connectivity index (χ2v) is 12.3. The van der Waals surface area contributed by atoms with Crippen molar-refractivity contribution in [3.05, 3.63) is 62.6 Å². The standard InChI is InChI=1S/C26H34Cl2N2O4S/c1-16(2)20-13-21(17(3)12-25(20)34-5)18(4)29-26(31)19-8-7-11-30(14-19)35(32,33)15-22-23(27)9-6-10-24(22)28/h6,9-10,12-13,16,18-19H,7-8,11,14-15H2,1-5H3,(H,29,31)/t18-,19-/m1/s1. The molecule has 3 rings (SSSR count). The van der Waals surface area contributed by atoms with Gasteiger partial charge in [0.05, 0.1) is 24.8 Å². The first-order chi connectivity index (χ1) is 16.4. The number of carbonyl (C=O) groups excluding carboxylic acids is 1. The third-order valence-corrected chi connectivity index (χ3v) is 9.08. The molecule has 1 N–H and O–H groups in total. The van der Waals surface area contributed by atoms with E-state index in [0.717, 1.165) is 22.4 Å². The molecule has 0 aromatic heterocycles. The van der Waals surface area contributed by atoms with E-state index in [1.54, 1.807) is 25.3 Å². The third-order valence-electron chi connectivity index (χ3n) is 6.60. The first-order valence-electron chi connectivity index (χ1n) is 11.8. The number of methoxy groups -OCH3 is 1. The number of hydrogen-bond acceptors (Lipinski definition) is 4. The predicted octanol–water partition coefficient (Wildman–Crippen LogP) is 5.85. The monoisotopic (exact) mass is 540 g/mol. The van der Waals surface area contributed by atoms with Crippen molar-refractivity contribution >= 4 is 39.1 Å². The second kappa shape index (κ2) is 11.5. The van der Waals surface area contributed by atoms with Gasteiger partial charge in [0.1, 0.15) is 5.75 Å². The summed E-state index contributed by atoms with van der Waals surface area (Å²) < 4.78 is 33.2. The first-order valence-corrected chi connectivity index (χ1v) is 14.2. The number of benzene rings is 2.